The summed E-state index contributed by atoms with van der Waals surface area (Å²) in [6, 6.07) is 7.60. The van der Waals surface area contributed by atoms with E-state index in [2.05, 4.69) is 40.1 Å². The maximum Gasteiger partial charge on any atom is 0.254 e. The van der Waals surface area contributed by atoms with Crippen LogP contribution in [0.3, 0.4) is 0 Å². The van der Waals surface area contributed by atoms with Crippen molar-refractivity contribution in [2.24, 2.45) is 5.92 Å². The van der Waals surface area contributed by atoms with Gasteiger partial charge in [-0.1, -0.05) is 19.9 Å². The van der Waals surface area contributed by atoms with Crippen LogP contribution in [0.5, 0.6) is 0 Å². The molecule has 1 unspecified atom stereocenters. The van der Waals surface area contributed by atoms with E-state index >= 15 is 0 Å². The molecular formula is C14H15BrN2OS. The summed E-state index contributed by atoms with van der Waals surface area (Å²) in [5, 5.41) is 5.10. The molecule has 0 aromatic carbocycles. The molecule has 5 heteroatoms. The predicted octanol–water partition coefficient (Wildman–Crippen LogP) is 4.03. The summed E-state index contributed by atoms with van der Waals surface area (Å²) in [4.78, 5) is 17.5. The Morgan fingerprint density at radius 2 is 2.16 bits per heavy atom. The van der Waals surface area contributed by atoms with Gasteiger partial charge in [0.05, 0.1) is 11.6 Å². The number of nitrogens with one attached hydrogen (secondary N) is 1. The minimum atomic E-state index is -0.105. The van der Waals surface area contributed by atoms with Crippen molar-refractivity contribution >= 4 is 33.2 Å². The summed E-state index contributed by atoms with van der Waals surface area (Å²) < 4.78 is 0.571. The lowest BCUT2D eigenvalue weighted by atomic mass is 10.0. The van der Waals surface area contributed by atoms with Crippen molar-refractivity contribution in [3.8, 4) is 0 Å². The first-order valence-electron chi connectivity index (χ1n) is 6.04. The molecule has 1 atom stereocenters. The van der Waals surface area contributed by atoms with Crippen LogP contribution in [0.2, 0.25) is 0 Å². The van der Waals surface area contributed by atoms with E-state index in [4.69, 9.17) is 0 Å². The summed E-state index contributed by atoms with van der Waals surface area (Å²) in [6.45, 7) is 4.20. The van der Waals surface area contributed by atoms with Crippen LogP contribution >= 0.6 is 27.3 Å². The van der Waals surface area contributed by atoms with E-state index in [1.807, 2.05) is 17.5 Å². The van der Waals surface area contributed by atoms with E-state index < -0.39 is 0 Å². The molecule has 3 nitrogen and oxygen atoms in total. The third kappa shape index (κ3) is 3.42. The molecule has 0 aliphatic carbocycles. The van der Waals surface area contributed by atoms with Gasteiger partial charge in [0.2, 0.25) is 0 Å². The van der Waals surface area contributed by atoms with Gasteiger partial charge in [-0.3, -0.25) is 4.79 Å². The molecule has 0 radical (unpaired) electrons. The SMILES string of the molecule is CC(C)C(NC(=O)c1cccnc1Br)c1cccs1. The van der Waals surface area contributed by atoms with Crippen molar-refractivity contribution < 1.29 is 4.79 Å². The number of aromatic nitrogens is 1. The molecule has 100 valence electrons. The first kappa shape index (κ1) is 14.2. The number of amides is 1. The van der Waals surface area contributed by atoms with E-state index in [9.17, 15) is 4.79 Å². The van der Waals surface area contributed by atoms with Crippen LogP contribution in [0.15, 0.2) is 40.4 Å². The van der Waals surface area contributed by atoms with Gasteiger partial charge in [-0.05, 0) is 45.4 Å². The molecule has 0 saturated heterocycles. The fourth-order valence-electron chi connectivity index (χ4n) is 1.81. The highest BCUT2D eigenvalue weighted by Gasteiger charge is 2.21. The second-order valence-electron chi connectivity index (χ2n) is 4.55. The molecule has 2 aromatic rings. The highest BCUT2D eigenvalue weighted by molar-refractivity contribution is 9.10. The molecule has 0 aliphatic heterocycles. The first-order valence-corrected chi connectivity index (χ1v) is 7.71. The number of halogens is 1. The number of rotatable bonds is 4. The van der Waals surface area contributed by atoms with Crippen molar-refractivity contribution in [1.29, 1.82) is 0 Å². The molecule has 1 amide bonds. The number of hydrogen-bond acceptors (Lipinski definition) is 3. The van der Waals surface area contributed by atoms with Gasteiger partial charge in [-0.2, -0.15) is 0 Å². The van der Waals surface area contributed by atoms with Crippen LogP contribution < -0.4 is 5.32 Å². The minimum absolute atomic E-state index is 0.0274. The van der Waals surface area contributed by atoms with E-state index in [1.165, 1.54) is 4.88 Å². The molecule has 19 heavy (non-hydrogen) atoms. The zero-order valence-electron chi connectivity index (χ0n) is 10.8. The average molecular weight is 339 g/mol. The molecular weight excluding hydrogens is 324 g/mol. The van der Waals surface area contributed by atoms with E-state index in [1.54, 1.807) is 29.7 Å². The molecule has 0 bridgehead atoms. The quantitative estimate of drug-likeness (QED) is 0.855. The highest BCUT2D eigenvalue weighted by atomic mass is 79.9. The van der Waals surface area contributed by atoms with Gasteiger partial charge >= 0.3 is 0 Å². The topological polar surface area (TPSA) is 42.0 Å². The van der Waals surface area contributed by atoms with Crippen LogP contribution in [0, 0.1) is 5.92 Å². The van der Waals surface area contributed by atoms with Gasteiger partial charge in [-0.25, -0.2) is 4.98 Å². The molecule has 1 N–H and O–H groups in total. The maximum absolute atomic E-state index is 12.3. The van der Waals surface area contributed by atoms with Crippen LogP contribution in [0.4, 0.5) is 0 Å². The number of nitrogens with zero attached hydrogens (tertiary/aromatic N) is 1. The number of thiophene rings is 1. The lowest BCUT2D eigenvalue weighted by molar-refractivity contribution is 0.0925. The van der Waals surface area contributed by atoms with E-state index in [0.29, 0.717) is 16.1 Å². The minimum Gasteiger partial charge on any atom is -0.344 e. The number of carbonyl (C=O) groups excluding carboxylic acids is 1. The van der Waals surface area contributed by atoms with Gasteiger partial charge in [-0.15, -0.1) is 11.3 Å². The summed E-state index contributed by atoms with van der Waals surface area (Å²) in [7, 11) is 0. The predicted molar refractivity (Wildman–Crippen MR) is 81.3 cm³/mol. The molecule has 0 saturated carbocycles. The Labute approximate surface area is 125 Å². The number of pyridine rings is 1. The second-order valence-corrected chi connectivity index (χ2v) is 6.28. The summed E-state index contributed by atoms with van der Waals surface area (Å²) in [5.41, 5.74) is 0.560. The van der Waals surface area contributed by atoms with Crippen molar-refractivity contribution in [3.05, 3.63) is 50.9 Å². The monoisotopic (exact) mass is 338 g/mol. The van der Waals surface area contributed by atoms with Crippen LogP contribution in [0.1, 0.15) is 35.1 Å². The van der Waals surface area contributed by atoms with Gasteiger partial charge < -0.3 is 5.32 Å². The van der Waals surface area contributed by atoms with Gasteiger partial charge in [0.15, 0.2) is 0 Å². The maximum atomic E-state index is 12.3. The van der Waals surface area contributed by atoms with Crippen molar-refractivity contribution in [3.63, 3.8) is 0 Å². The molecule has 2 heterocycles. The Kier molecular flexibility index (Phi) is 4.71. The van der Waals surface area contributed by atoms with E-state index in [0.717, 1.165) is 0 Å². The molecule has 0 spiro atoms. The van der Waals surface area contributed by atoms with Crippen molar-refractivity contribution in [1.82, 2.24) is 10.3 Å². The zero-order valence-corrected chi connectivity index (χ0v) is 13.2. The molecule has 0 aliphatic rings. The number of carbonyl (C=O) groups is 1. The van der Waals surface area contributed by atoms with Crippen molar-refractivity contribution in [2.75, 3.05) is 0 Å². The normalized spacial score (nSPS) is 12.4. The third-order valence-electron chi connectivity index (χ3n) is 2.81. The fraction of sp³-hybridized carbons (Fsp3) is 0.286. The Hall–Kier alpha value is -1.20. The lowest BCUT2D eigenvalue weighted by Crippen LogP contribution is -2.31. The van der Waals surface area contributed by atoms with Gasteiger partial charge in [0, 0.05) is 11.1 Å². The Bertz CT molecular complexity index is 554. The van der Waals surface area contributed by atoms with Gasteiger partial charge in [0.1, 0.15) is 4.60 Å². The smallest absolute Gasteiger partial charge is 0.254 e. The fourth-order valence-corrected chi connectivity index (χ4v) is 3.19. The summed E-state index contributed by atoms with van der Waals surface area (Å²) >= 11 is 4.96. The van der Waals surface area contributed by atoms with Crippen LogP contribution in [0.25, 0.3) is 0 Å². The molecule has 2 rings (SSSR count). The third-order valence-corrected chi connectivity index (χ3v) is 4.39. The summed E-state index contributed by atoms with van der Waals surface area (Å²) in [6.07, 6.45) is 1.65. The zero-order chi connectivity index (χ0) is 13.8. The van der Waals surface area contributed by atoms with E-state index in [-0.39, 0.29) is 11.9 Å². The standard InChI is InChI=1S/C14H15BrN2OS/c1-9(2)12(11-6-4-8-19-11)17-14(18)10-5-3-7-16-13(10)15/h3-9,12H,1-2H3,(H,17,18). The Morgan fingerprint density at radius 1 is 1.37 bits per heavy atom. The highest BCUT2D eigenvalue weighted by Crippen LogP contribution is 2.26. The lowest BCUT2D eigenvalue weighted by Gasteiger charge is -2.21. The van der Waals surface area contributed by atoms with Crippen molar-refractivity contribution in [2.45, 2.75) is 19.9 Å². The largest absolute Gasteiger partial charge is 0.344 e. The summed E-state index contributed by atoms with van der Waals surface area (Å²) in [5.74, 6) is 0.227. The van der Waals surface area contributed by atoms with Crippen LogP contribution in [-0.2, 0) is 0 Å². The first-order chi connectivity index (χ1) is 9.09. The average Bonchev–Trinajstić information content (AvgIpc) is 2.89. The Morgan fingerprint density at radius 3 is 2.74 bits per heavy atom. The molecule has 2 aromatic heterocycles. The molecule has 0 fully saturated rings. The second kappa shape index (κ2) is 6.30. The Balaban J connectivity index is 2.19. The van der Waals surface area contributed by atoms with Gasteiger partial charge in [0.25, 0.3) is 5.91 Å². The van der Waals surface area contributed by atoms with Crippen LogP contribution in [-0.4, -0.2) is 10.9 Å². The number of hydrogen-bond donors (Lipinski definition) is 1.